The van der Waals surface area contributed by atoms with E-state index in [0.29, 0.717) is 31.9 Å². The molecular weight excluding hydrogens is 341 g/mol. The summed E-state index contributed by atoms with van der Waals surface area (Å²) in [7, 11) is 0. The summed E-state index contributed by atoms with van der Waals surface area (Å²) in [6, 6.07) is 6.11. The van der Waals surface area contributed by atoms with Crippen LogP contribution in [0.3, 0.4) is 0 Å². The standard InChI is InChI=1S/C18H18FN3O2S/c19-15-4-3-13(22-8-6-20-18(22)24)10-14(15)17(23)21-7-1-2-16-12(11-21)5-9-25-16/h3-5,9-10H,1-2,6-8,11H2,(H,20,24). The van der Waals surface area contributed by atoms with Crippen LogP contribution in [0, 0.1) is 5.82 Å². The normalized spacial score (nSPS) is 17.2. The second-order valence-corrected chi connectivity index (χ2v) is 7.25. The number of halogens is 1. The molecule has 0 unspecified atom stereocenters. The quantitative estimate of drug-likeness (QED) is 0.896. The Labute approximate surface area is 149 Å². The second-order valence-electron chi connectivity index (χ2n) is 6.25. The van der Waals surface area contributed by atoms with E-state index in [1.165, 1.54) is 28.0 Å². The van der Waals surface area contributed by atoms with Crippen molar-refractivity contribution < 1.29 is 14.0 Å². The minimum absolute atomic E-state index is 0.0240. The summed E-state index contributed by atoms with van der Waals surface area (Å²) in [4.78, 5) is 29.3. The van der Waals surface area contributed by atoms with Crippen molar-refractivity contribution in [1.82, 2.24) is 10.2 Å². The molecule has 25 heavy (non-hydrogen) atoms. The molecule has 0 spiro atoms. The summed E-state index contributed by atoms with van der Waals surface area (Å²) in [5, 5.41) is 4.74. The van der Waals surface area contributed by atoms with E-state index in [0.717, 1.165) is 18.4 Å². The smallest absolute Gasteiger partial charge is 0.321 e. The minimum atomic E-state index is -0.553. The molecule has 2 aliphatic rings. The molecule has 0 aliphatic carbocycles. The van der Waals surface area contributed by atoms with Gasteiger partial charge in [0.05, 0.1) is 5.56 Å². The van der Waals surface area contributed by atoms with E-state index >= 15 is 0 Å². The molecule has 1 aromatic heterocycles. The van der Waals surface area contributed by atoms with Gasteiger partial charge in [0.2, 0.25) is 0 Å². The van der Waals surface area contributed by atoms with Crippen LogP contribution >= 0.6 is 11.3 Å². The van der Waals surface area contributed by atoms with Crippen LogP contribution in [0.5, 0.6) is 0 Å². The maximum absolute atomic E-state index is 14.3. The van der Waals surface area contributed by atoms with E-state index < -0.39 is 5.82 Å². The maximum Gasteiger partial charge on any atom is 0.321 e. The summed E-state index contributed by atoms with van der Waals surface area (Å²) in [5.74, 6) is -0.874. The van der Waals surface area contributed by atoms with Crippen LogP contribution in [-0.4, -0.2) is 36.5 Å². The Bertz CT molecular complexity index is 835. The molecule has 4 rings (SSSR count). The molecule has 2 aromatic rings. The van der Waals surface area contributed by atoms with Gasteiger partial charge in [-0.05, 0) is 48.1 Å². The number of nitrogens with one attached hydrogen (secondary N) is 1. The van der Waals surface area contributed by atoms with Gasteiger partial charge in [0, 0.05) is 36.7 Å². The average molecular weight is 359 g/mol. The molecule has 1 saturated heterocycles. The van der Waals surface area contributed by atoms with Crippen LogP contribution in [0.15, 0.2) is 29.6 Å². The van der Waals surface area contributed by atoms with Crippen LogP contribution < -0.4 is 10.2 Å². The number of anilines is 1. The van der Waals surface area contributed by atoms with Crippen LogP contribution in [0.25, 0.3) is 0 Å². The zero-order valence-corrected chi connectivity index (χ0v) is 14.4. The molecule has 3 heterocycles. The van der Waals surface area contributed by atoms with E-state index in [-0.39, 0.29) is 17.5 Å². The van der Waals surface area contributed by atoms with Crippen LogP contribution in [0.1, 0.15) is 27.2 Å². The fourth-order valence-corrected chi connectivity index (χ4v) is 4.29. The predicted octanol–water partition coefficient (Wildman–Crippen LogP) is 3.01. The molecule has 7 heteroatoms. The number of hydrogen-bond acceptors (Lipinski definition) is 3. The number of hydrogen-bond donors (Lipinski definition) is 1. The third-order valence-corrected chi connectivity index (χ3v) is 5.69. The van der Waals surface area contributed by atoms with Crippen LogP contribution in [0.2, 0.25) is 0 Å². The van der Waals surface area contributed by atoms with Gasteiger partial charge in [0.1, 0.15) is 5.82 Å². The minimum Gasteiger partial charge on any atom is -0.336 e. The van der Waals surface area contributed by atoms with Gasteiger partial charge in [0.25, 0.3) is 5.91 Å². The summed E-state index contributed by atoms with van der Waals surface area (Å²) in [6.45, 7) is 2.17. The Morgan fingerprint density at radius 3 is 2.92 bits per heavy atom. The van der Waals surface area contributed by atoms with Crippen molar-refractivity contribution in [3.8, 4) is 0 Å². The molecule has 5 nitrogen and oxygen atoms in total. The first-order valence-electron chi connectivity index (χ1n) is 8.33. The molecule has 1 fully saturated rings. The summed E-state index contributed by atoms with van der Waals surface area (Å²) in [6.07, 6.45) is 1.82. The predicted molar refractivity (Wildman–Crippen MR) is 94.5 cm³/mol. The maximum atomic E-state index is 14.3. The second kappa shape index (κ2) is 6.48. The van der Waals surface area contributed by atoms with Crippen molar-refractivity contribution >= 4 is 29.0 Å². The molecule has 0 atom stereocenters. The van der Waals surface area contributed by atoms with Gasteiger partial charge in [0.15, 0.2) is 0 Å². The third-order valence-electron chi connectivity index (χ3n) is 4.67. The molecule has 1 aromatic carbocycles. The van der Waals surface area contributed by atoms with E-state index in [9.17, 15) is 14.0 Å². The molecule has 3 amide bonds. The average Bonchev–Trinajstić information content (AvgIpc) is 3.18. The van der Waals surface area contributed by atoms with Gasteiger partial charge in [-0.3, -0.25) is 9.69 Å². The highest BCUT2D eigenvalue weighted by atomic mass is 32.1. The van der Waals surface area contributed by atoms with Gasteiger partial charge in [-0.25, -0.2) is 9.18 Å². The van der Waals surface area contributed by atoms with Gasteiger partial charge in [-0.2, -0.15) is 0 Å². The molecule has 0 saturated carbocycles. The number of urea groups is 1. The van der Waals surface area contributed by atoms with Gasteiger partial charge in [-0.15, -0.1) is 11.3 Å². The monoisotopic (exact) mass is 359 g/mol. The van der Waals surface area contributed by atoms with Crippen LogP contribution in [-0.2, 0) is 13.0 Å². The fourth-order valence-electron chi connectivity index (χ4n) is 3.35. The highest BCUT2D eigenvalue weighted by molar-refractivity contribution is 7.10. The Kier molecular flexibility index (Phi) is 4.17. The molecule has 2 aliphatic heterocycles. The Hall–Kier alpha value is -2.41. The van der Waals surface area contributed by atoms with Crippen molar-refractivity contribution in [3.63, 3.8) is 0 Å². The van der Waals surface area contributed by atoms with Crippen LogP contribution in [0.4, 0.5) is 14.9 Å². The highest BCUT2D eigenvalue weighted by Gasteiger charge is 2.26. The van der Waals surface area contributed by atoms with Crippen molar-refractivity contribution in [2.75, 3.05) is 24.5 Å². The number of amides is 3. The summed E-state index contributed by atoms with van der Waals surface area (Å²) in [5.41, 5.74) is 1.72. The van der Waals surface area contributed by atoms with Crippen molar-refractivity contribution in [2.45, 2.75) is 19.4 Å². The Morgan fingerprint density at radius 2 is 2.12 bits per heavy atom. The number of fused-ring (bicyclic) bond motifs is 1. The molecule has 0 radical (unpaired) electrons. The number of thiophene rings is 1. The topological polar surface area (TPSA) is 52.7 Å². The van der Waals surface area contributed by atoms with E-state index in [1.807, 2.05) is 11.4 Å². The van der Waals surface area contributed by atoms with Gasteiger partial charge < -0.3 is 10.2 Å². The summed E-state index contributed by atoms with van der Waals surface area (Å²) >= 11 is 1.71. The third kappa shape index (κ3) is 3.00. The molecule has 1 N–H and O–H groups in total. The largest absolute Gasteiger partial charge is 0.336 e. The van der Waals surface area contributed by atoms with E-state index in [4.69, 9.17) is 0 Å². The van der Waals surface area contributed by atoms with Crippen molar-refractivity contribution in [1.29, 1.82) is 0 Å². The zero-order chi connectivity index (χ0) is 17.4. The SMILES string of the molecule is O=C(c1cc(N2CCNC2=O)ccc1F)N1CCCc2sccc2C1. The lowest BCUT2D eigenvalue weighted by Gasteiger charge is -2.22. The van der Waals surface area contributed by atoms with Crippen molar-refractivity contribution in [3.05, 3.63) is 51.5 Å². The number of carbonyl (C=O) groups excluding carboxylic acids is 2. The first kappa shape index (κ1) is 16.1. The molecule has 0 bridgehead atoms. The van der Waals surface area contributed by atoms with Crippen molar-refractivity contribution in [2.24, 2.45) is 0 Å². The lowest BCUT2D eigenvalue weighted by Crippen LogP contribution is -2.32. The molecular formula is C18H18FN3O2S. The van der Waals surface area contributed by atoms with E-state index in [1.54, 1.807) is 16.2 Å². The first-order valence-corrected chi connectivity index (χ1v) is 9.21. The number of benzene rings is 1. The van der Waals surface area contributed by atoms with Gasteiger partial charge >= 0.3 is 6.03 Å². The lowest BCUT2D eigenvalue weighted by atomic mass is 10.1. The highest BCUT2D eigenvalue weighted by Crippen LogP contribution is 2.26. The number of aryl methyl sites for hydroxylation is 1. The number of rotatable bonds is 2. The fraction of sp³-hybridized carbons (Fsp3) is 0.333. The lowest BCUT2D eigenvalue weighted by molar-refractivity contribution is 0.0741. The van der Waals surface area contributed by atoms with Gasteiger partial charge in [-0.1, -0.05) is 0 Å². The number of carbonyl (C=O) groups is 2. The van der Waals surface area contributed by atoms with E-state index in [2.05, 4.69) is 5.32 Å². The Morgan fingerprint density at radius 1 is 1.24 bits per heavy atom. The zero-order valence-electron chi connectivity index (χ0n) is 13.6. The number of nitrogens with zero attached hydrogens (tertiary/aromatic N) is 2. The first-order chi connectivity index (χ1) is 12.1. The Balaban J connectivity index is 1.62. The molecule has 130 valence electrons. The summed E-state index contributed by atoms with van der Waals surface area (Å²) < 4.78 is 14.3.